The fraction of sp³-hybridized carbons (Fsp3) is 1.00. The summed E-state index contributed by atoms with van der Waals surface area (Å²) in [6.07, 6.45) is 0. The molecule has 0 aromatic carbocycles. The van der Waals surface area contributed by atoms with Crippen molar-refractivity contribution in [2.24, 2.45) is 0 Å². The Morgan fingerprint density at radius 1 is 0.217 bits per heavy atom. The van der Waals surface area contributed by atoms with Crippen molar-refractivity contribution in [3.05, 3.63) is 0 Å². The number of hydrogen-bond donors (Lipinski definition) is 0. The maximum absolute atomic E-state index is 10.1. The van der Waals surface area contributed by atoms with Crippen LogP contribution in [0, 0.1) is 0 Å². The summed E-state index contributed by atoms with van der Waals surface area (Å²) >= 11 is 0. The Morgan fingerprint density at radius 2 is 0.217 bits per heavy atom. The molecule has 0 atom stereocenters. The van der Waals surface area contributed by atoms with Crippen molar-refractivity contribution in [2.45, 2.75) is 105 Å². The lowest BCUT2D eigenvalue weighted by atomic mass is 10.2. The molecule has 0 aliphatic carbocycles. The highest BCUT2D eigenvalue weighted by Crippen LogP contribution is 1.88. The predicted molar refractivity (Wildman–Crippen MR) is 199 cm³/mol. The van der Waals surface area contributed by atoms with Gasteiger partial charge in [-0.2, -0.15) is 0 Å². The van der Waals surface area contributed by atoms with E-state index in [0.717, 1.165) is 22.4 Å². The highest BCUT2D eigenvalue weighted by atomic mass is 19.0. The molecule has 0 aromatic rings. The average molecular weight is 682 g/mol. The molecule has 0 aliphatic heterocycles. The van der Waals surface area contributed by atoms with Crippen molar-refractivity contribution >= 4 is 0 Å². The van der Waals surface area contributed by atoms with Crippen LogP contribution in [0.5, 0.6) is 0 Å². The van der Waals surface area contributed by atoms with Crippen molar-refractivity contribution in [3.63, 3.8) is 0 Å². The molecule has 296 valence electrons. The van der Waals surface area contributed by atoms with E-state index in [1.165, 1.54) is 0 Å². The first-order chi connectivity index (χ1) is 18.0. The molecule has 0 aliphatic rings. The van der Waals surface area contributed by atoms with Gasteiger partial charge in [0.1, 0.15) is 0 Å². The number of halogens is 1. The molecular formula is C36H96FN5O4. The molecule has 0 heterocycles. The Hall–Kier alpha value is -0.430. The van der Waals surface area contributed by atoms with E-state index in [-0.39, 0.29) is 4.70 Å². The number of quaternary nitrogens is 5. The summed E-state index contributed by atoms with van der Waals surface area (Å²) in [6.45, 7) is 19.6. The van der Waals surface area contributed by atoms with E-state index in [9.17, 15) is 20.4 Å². The summed E-state index contributed by atoms with van der Waals surface area (Å²) in [5.74, 6) is 0. The summed E-state index contributed by atoms with van der Waals surface area (Å²) in [4.78, 5) is 0. The lowest BCUT2D eigenvalue weighted by molar-refractivity contribution is -0.849. The van der Waals surface area contributed by atoms with Gasteiger partial charge in [-0.15, -0.1) is 22.4 Å². The zero-order valence-corrected chi connectivity index (χ0v) is 38.2. The molecule has 0 rings (SSSR count). The first kappa shape index (κ1) is 71.5. The molecule has 0 amide bonds. The van der Waals surface area contributed by atoms with Crippen LogP contribution in [-0.4, -0.2) is 186 Å². The Kier molecular flexibility index (Phi) is 45.9. The third kappa shape index (κ3) is 427000. The maximum Gasteiger partial charge on any atom is 0.0675 e. The van der Waals surface area contributed by atoms with Gasteiger partial charge in [0.2, 0.25) is 0 Å². The Balaban J connectivity index is -0.0000000395. The zero-order valence-electron chi connectivity index (χ0n) is 38.2. The van der Waals surface area contributed by atoms with Gasteiger partial charge in [0.25, 0.3) is 0 Å². The van der Waals surface area contributed by atoms with E-state index in [1.807, 2.05) is 0 Å². The Bertz CT molecular complexity index is 359. The second-order valence-electron chi connectivity index (χ2n) is 21.9. The molecule has 9 nitrogen and oxygen atoms in total. The lowest BCUT2D eigenvalue weighted by Gasteiger charge is -2.23. The van der Waals surface area contributed by atoms with Gasteiger partial charge in [0.15, 0.2) is 0 Å². The molecule has 0 saturated carbocycles. The van der Waals surface area contributed by atoms with Crippen LogP contribution in [0.4, 0.5) is 0 Å². The van der Waals surface area contributed by atoms with E-state index >= 15 is 0 Å². The first-order valence-electron chi connectivity index (χ1n) is 15.8. The minimum atomic E-state index is -0.750. The fourth-order valence-electron chi connectivity index (χ4n) is 0. The topological polar surface area (TPSA) is 92.2 Å². The largest absolute Gasteiger partial charge is 1.00 e. The Morgan fingerprint density at radius 3 is 0.217 bits per heavy atom. The first-order valence-corrected chi connectivity index (χ1v) is 15.8. The standard InChI is InChI=1S/5C4H12N.4C4H9O.FH/c5*1-5(2,3)4;4*1-4(2,3)5;/h5*1-4H3;4*1-3H3;1H/q5*+1;4*-1;/p-1. The maximum atomic E-state index is 10.1. The van der Waals surface area contributed by atoms with E-state index in [2.05, 4.69) is 141 Å². The SMILES string of the molecule is CC(C)(C)[O-].CC(C)(C)[O-].CC(C)(C)[O-].CC(C)(C)[O-].C[N+](C)(C)C.C[N+](C)(C)C.C[N+](C)(C)C.C[N+](C)(C)C.C[N+](C)(C)C.[F-]. The van der Waals surface area contributed by atoms with Crippen molar-refractivity contribution in [2.75, 3.05) is 141 Å². The van der Waals surface area contributed by atoms with Crippen LogP contribution in [0.15, 0.2) is 0 Å². The van der Waals surface area contributed by atoms with Crippen molar-refractivity contribution in [1.82, 2.24) is 0 Å². The normalized spacial score (nSPS) is 11.7. The quantitative estimate of drug-likeness (QED) is 0.313. The summed E-state index contributed by atoms with van der Waals surface area (Å²) < 4.78 is 5.00. The van der Waals surface area contributed by atoms with Gasteiger partial charge in [-0.25, -0.2) is 0 Å². The zero-order chi connectivity index (χ0) is 40.5. The number of rotatable bonds is 0. The minimum absolute atomic E-state index is 0. The van der Waals surface area contributed by atoms with Crippen molar-refractivity contribution in [1.29, 1.82) is 0 Å². The molecule has 0 N–H and O–H groups in total. The molecule has 0 saturated heterocycles. The van der Waals surface area contributed by atoms with Crippen LogP contribution >= 0.6 is 0 Å². The molecule has 0 radical (unpaired) electrons. The molecule has 0 fully saturated rings. The summed E-state index contributed by atoms with van der Waals surface area (Å²) in [6, 6.07) is 0. The molecule has 0 spiro atoms. The fourth-order valence-corrected chi connectivity index (χ4v) is 0. The van der Waals surface area contributed by atoms with Crippen LogP contribution in [0.1, 0.15) is 83.1 Å². The van der Waals surface area contributed by atoms with Gasteiger partial charge in [0, 0.05) is 0 Å². The molecule has 0 bridgehead atoms. The van der Waals surface area contributed by atoms with E-state index < -0.39 is 22.4 Å². The number of hydrogen-bond acceptors (Lipinski definition) is 4. The van der Waals surface area contributed by atoms with Crippen LogP contribution in [0.3, 0.4) is 0 Å². The number of nitrogens with zero attached hydrogens (tertiary/aromatic N) is 5. The van der Waals surface area contributed by atoms with E-state index in [4.69, 9.17) is 0 Å². The molecule has 0 unspecified atom stereocenters. The van der Waals surface area contributed by atoms with Gasteiger partial charge in [0.05, 0.1) is 141 Å². The van der Waals surface area contributed by atoms with E-state index in [0.29, 0.717) is 0 Å². The van der Waals surface area contributed by atoms with E-state index in [1.54, 1.807) is 83.1 Å². The average Bonchev–Trinajstić information content (AvgIpc) is 2.26. The molecule has 10 heteroatoms. The summed E-state index contributed by atoms with van der Waals surface area (Å²) in [7, 11) is 42.5. The Labute approximate surface area is 293 Å². The van der Waals surface area contributed by atoms with Crippen LogP contribution in [0.2, 0.25) is 0 Å². The second kappa shape index (κ2) is 29.5. The van der Waals surface area contributed by atoms with Gasteiger partial charge in [-0.05, 0) is 0 Å². The molecule has 46 heavy (non-hydrogen) atoms. The monoisotopic (exact) mass is 682 g/mol. The van der Waals surface area contributed by atoms with Crippen LogP contribution < -0.4 is 25.1 Å². The smallest absolute Gasteiger partial charge is 0.0675 e. The third-order valence-corrected chi connectivity index (χ3v) is 0. The second-order valence-corrected chi connectivity index (χ2v) is 21.9. The van der Waals surface area contributed by atoms with Crippen molar-refractivity contribution in [3.8, 4) is 0 Å². The van der Waals surface area contributed by atoms with Gasteiger partial charge in [-0.1, -0.05) is 83.1 Å². The summed E-state index contributed by atoms with van der Waals surface area (Å²) in [5.41, 5.74) is -3.00. The molecular weight excluding hydrogens is 585 g/mol. The van der Waals surface area contributed by atoms with Crippen LogP contribution in [-0.2, 0) is 0 Å². The van der Waals surface area contributed by atoms with Gasteiger partial charge in [-0.3, -0.25) is 0 Å². The van der Waals surface area contributed by atoms with Crippen LogP contribution in [0.25, 0.3) is 0 Å². The molecule has 0 aromatic heterocycles. The predicted octanol–water partition coefficient (Wildman–Crippen LogP) is -0.803. The van der Waals surface area contributed by atoms with Gasteiger partial charge < -0.3 is 47.5 Å². The lowest BCUT2D eigenvalue weighted by Crippen LogP contribution is -3.00. The third-order valence-electron chi connectivity index (χ3n) is 0. The van der Waals surface area contributed by atoms with Crippen molar-refractivity contribution < 1.29 is 47.5 Å². The highest BCUT2D eigenvalue weighted by molar-refractivity contribution is 4.49. The van der Waals surface area contributed by atoms with Gasteiger partial charge >= 0.3 is 0 Å². The minimum Gasteiger partial charge on any atom is -1.00 e. The highest BCUT2D eigenvalue weighted by Gasteiger charge is 1.90. The summed E-state index contributed by atoms with van der Waals surface area (Å²) in [5, 5.41) is 40.4.